The van der Waals surface area contributed by atoms with Crippen LogP contribution >= 0.6 is 0 Å². The standard InChI is InChI=1S/C13H15N5O3/c1-2-14-12-11(18(19)20)13(17-9-16-12)21-8-6-10-5-3-4-7-15-10/h3-5,7,9H,2,6,8H2,1H3,(H,14,16,17). The molecule has 8 nitrogen and oxygen atoms in total. The van der Waals surface area contributed by atoms with Crippen molar-refractivity contribution in [1.82, 2.24) is 15.0 Å². The van der Waals surface area contributed by atoms with Crippen molar-refractivity contribution >= 4 is 11.5 Å². The number of ether oxygens (including phenoxy) is 1. The first-order valence-electron chi connectivity index (χ1n) is 6.48. The zero-order valence-electron chi connectivity index (χ0n) is 11.5. The third-order valence-electron chi connectivity index (χ3n) is 2.64. The van der Waals surface area contributed by atoms with Crippen LogP contribution in [0.4, 0.5) is 11.5 Å². The van der Waals surface area contributed by atoms with Gasteiger partial charge in [-0.3, -0.25) is 15.1 Å². The first kappa shape index (κ1) is 14.6. The Hall–Kier alpha value is -2.77. The summed E-state index contributed by atoms with van der Waals surface area (Å²) in [6.45, 7) is 2.60. The van der Waals surface area contributed by atoms with Crippen LogP contribution in [-0.2, 0) is 6.42 Å². The first-order valence-corrected chi connectivity index (χ1v) is 6.48. The maximum absolute atomic E-state index is 11.1. The van der Waals surface area contributed by atoms with Crippen LogP contribution in [0.3, 0.4) is 0 Å². The topological polar surface area (TPSA) is 103 Å². The smallest absolute Gasteiger partial charge is 0.372 e. The molecule has 2 aromatic heterocycles. The van der Waals surface area contributed by atoms with Crippen LogP contribution in [0, 0.1) is 10.1 Å². The van der Waals surface area contributed by atoms with Gasteiger partial charge in [0.25, 0.3) is 5.88 Å². The second-order valence-electron chi connectivity index (χ2n) is 4.08. The van der Waals surface area contributed by atoms with Gasteiger partial charge < -0.3 is 10.1 Å². The van der Waals surface area contributed by atoms with E-state index in [0.29, 0.717) is 13.0 Å². The van der Waals surface area contributed by atoms with Gasteiger partial charge in [-0.15, -0.1) is 0 Å². The molecule has 0 atom stereocenters. The van der Waals surface area contributed by atoms with E-state index < -0.39 is 4.92 Å². The molecule has 0 aromatic carbocycles. The summed E-state index contributed by atoms with van der Waals surface area (Å²) in [5.74, 6) is 0.118. The maximum Gasteiger partial charge on any atom is 0.372 e. The molecule has 0 spiro atoms. The molecule has 0 aliphatic rings. The van der Waals surface area contributed by atoms with E-state index in [1.54, 1.807) is 6.20 Å². The molecule has 2 rings (SSSR count). The fourth-order valence-corrected chi connectivity index (χ4v) is 1.73. The minimum Gasteiger partial charge on any atom is -0.472 e. The first-order chi connectivity index (χ1) is 10.2. The summed E-state index contributed by atoms with van der Waals surface area (Å²) in [7, 11) is 0. The molecule has 0 fully saturated rings. The van der Waals surface area contributed by atoms with Crippen molar-refractivity contribution in [3.05, 3.63) is 46.5 Å². The number of hydrogen-bond donors (Lipinski definition) is 1. The van der Waals surface area contributed by atoms with Crippen molar-refractivity contribution in [2.45, 2.75) is 13.3 Å². The Labute approximate surface area is 121 Å². The molecular formula is C13H15N5O3. The molecule has 1 N–H and O–H groups in total. The molecule has 0 saturated heterocycles. The lowest BCUT2D eigenvalue weighted by Crippen LogP contribution is -2.09. The number of rotatable bonds is 7. The number of hydrogen-bond acceptors (Lipinski definition) is 7. The molecule has 0 bridgehead atoms. The Morgan fingerprint density at radius 2 is 2.19 bits per heavy atom. The summed E-state index contributed by atoms with van der Waals surface area (Å²) in [6.07, 6.45) is 3.46. The molecule has 2 aromatic rings. The highest BCUT2D eigenvalue weighted by atomic mass is 16.6. The van der Waals surface area contributed by atoms with E-state index in [1.807, 2.05) is 25.1 Å². The second kappa shape index (κ2) is 7.13. The van der Waals surface area contributed by atoms with Crippen LogP contribution in [0.15, 0.2) is 30.7 Å². The molecule has 0 unspecified atom stereocenters. The molecule has 0 saturated carbocycles. The second-order valence-corrected chi connectivity index (χ2v) is 4.08. The summed E-state index contributed by atoms with van der Waals surface area (Å²) >= 11 is 0. The molecule has 8 heteroatoms. The van der Waals surface area contributed by atoms with Crippen LogP contribution in [-0.4, -0.2) is 33.0 Å². The van der Waals surface area contributed by atoms with Crippen LogP contribution in [0.5, 0.6) is 5.88 Å². The molecule has 0 radical (unpaired) electrons. The van der Waals surface area contributed by atoms with E-state index in [9.17, 15) is 10.1 Å². The largest absolute Gasteiger partial charge is 0.472 e. The monoisotopic (exact) mass is 289 g/mol. The summed E-state index contributed by atoms with van der Waals surface area (Å²) in [5.41, 5.74) is 0.599. The summed E-state index contributed by atoms with van der Waals surface area (Å²) in [6, 6.07) is 5.56. The van der Waals surface area contributed by atoms with E-state index >= 15 is 0 Å². The minimum absolute atomic E-state index is 0.0399. The fourth-order valence-electron chi connectivity index (χ4n) is 1.73. The molecule has 2 heterocycles. The highest BCUT2D eigenvalue weighted by Crippen LogP contribution is 2.30. The summed E-state index contributed by atoms with van der Waals surface area (Å²) < 4.78 is 5.42. The van der Waals surface area contributed by atoms with E-state index in [4.69, 9.17) is 4.74 Å². The average Bonchev–Trinajstić information content (AvgIpc) is 2.48. The normalized spacial score (nSPS) is 10.1. The van der Waals surface area contributed by atoms with Gasteiger partial charge in [0.1, 0.15) is 6.33 Å². The number of nitro groups is 1. The van der Waals surface area contributed by atoms with Gasteiger partial charge in [0.2, 0.25) is 5.82 Å². The van der Waals surface area contributed by atoms with Crippen molar-refractivity contribution in [3.63, 3.8) is 0 Å². The predicted octanol–water partition coefficient (Wildman–Crippen LogP) is 1.83. The van der Waals surface area contributed by atoms with E-state index in [0.717, 1.165) is 5.69 Å². The summed E-state index contributed by atoms with van der Waals surface area (Å²) in [5, 5.41) is 14.0. The SMILES string of the molecule is CCNc1ncnc(OCCc2ccccn2)c1[N+](=O)[O-]. The molecular weight excluding hydrogens is 274 g/mol. The van der Waals surface area contributed by atoms with Crippen molar-refractivity contribution in [2.75, 3.05) is 18.5 Å². The Balaban J connectivity index is 2.08. The zero-order valence-corrected chi connectivity index (χ0v) is 11.5. The van der Waals surface area contributed by atoms with Crippen molar-refractivity contribution in [3.8, 4) is 5.88 Å². The van der Waals surface area contributed by atoms with Gasteiger partial charge in [-0.25, -0.2) is 4.98 Å². The molecule has 0 amide bonds. The molecule has 0 aliphatic heterocycles. The van der Waals surface area contributed by atoms with Gasteiger partial charge in [0.15, 0.2) is 0 Å². The number of pyridine rings is 1. The van der Waals surface area contributed by atoms with E-state index in [2.05, 4.69) is 20.3 Å². The summed E-state index contributed by atoms with van der Waals surface area (Å²) in [4.78, 5) is 22.5. The third-order valence-corrected chi connectivity index (χ3v) is 2.64. The van der Waals surface area contributed by atoms with E-state index in [1.165, 1.54) is 6.33 Å². The van der Waals surface area contributed by atoms with Crippen LogP contribution in [0.2, 0.25) is 0 Å². The number of aromatic nitrogens is 3. The van der Waals surface area contributed by atoms with Gasteiger partial charge in [-0.1, -0.05) is 6.07 Å². The Kier molecular flexibility index (Phi) is 4.97. The minimum atomic E-state index is -0.548. The molecule has 0 aliphatic carbocycles. The third kappa shape index (κ3) is 3.85. The van der Waals surface area contributed by atoms with Gasteiger partial charge in [0, 0.05) is 24.9 Å². The number of nitrogens with zero attached hydrogens (tertiary/aromatic N) is 4. The lowest BCUT2D eigenvalue weighted by Gasteiger charge is -2.08. The zero-order chi connectivity index (χ0) is 15.1. The van der Waals surface area contributed by atoms with Crippen molar-refractivity contribution < 1.29 is 9.66 Å². The quantitative estimate of drug-likeness (QED) is 0.612. The number of anilines is 1. The fraction of sp³-hybridized carbons (Fsp3) is 0.308. The highest BCUT2D eigenvalue weighted by Gasteiger charge is 2.23. The predicted molar refractivity (Wildman–Crippen MR) is 76.3 cm³/mol. The van der Waals surface area contributed by atoms with Crippen molar-refractivity contribution in [2.24, 2.45) is 0 Å². The van der Waals surface area contributed by atoms with Crippen LogP contribution < -0.4 is 10.1 Å². The van der Waals surface area contributed by atoms with Crippen LogP contribution in [0.25, 0.3) is 0 Å². The lowest BCUT2D eigenvalue weighted by molar-refractivity contribution is -0.385. The van der Waals surface area contributed by atoms with Gasteiger partial charge in [-0.2, -0.15) is 4.98 Å². The lowest BCUT2D eigenvalue weighted by atomic mass is 10.3. The number of nitrogens with one attached hydrogen (secondary N) is 1. The maximum atomic E-state index is 11.1. The average molecular weight is 289 g/mol. The van der Waals surface area contributed by atoms with Crippen LogP contribution in [0.1, 0.15) is 12.6 Å². The molecule has 110 valence electrons. The molecule has 21 heavy (non-hydrogen) atoms. The van der Waals surface area contributed by atoms with Gasteiger partial charge >= 0.3 is 5.69 Å². The highest BCUT2D eigenvalue weighted by molar-refractivity contribution is 5.60. The Bertz CT molecular complexity index is 606. The van der Waals surface area contributed by atoms with Gasteiger partial charge in [-0.05, 0) is 19.1 Å². The van der Waals surface area contributed by atoms with E-state index in [-0.39, 0.29) is 24.0 Å². The van der Waals surface area contributed by atoms with Crippen molar-refractivity contribution in [1.29, 1.82) is 0 Å². The Morgan fingerprint density at radius 3 is 2.86 bits per heavy atom. The van der Waals surface area contributed by atoms with Gasteiger partial charge in [0.05, 0.1) is 11.5 Å². The Morgan fingerprint density at radius 1 is 1.33 bits per heavy atom.